The lowest BCUT2D eigenvalue weighted by atomic mass is 10.1. The highest BCUT2D eigenvalue weighted by Crippen LogP contribution is 2.15. The molecule has 0 aromatic heterocycles. The van der Waals surface area contributed by atoms with Crippen molar-refractivity contribution in [3.05, 3.63) is 65.5 Å². The topological polar surface area (TPSA) is 64.7 Å². The predicted molar refractivity (Wildman–Crippen MR) is 116 cm³/mol. The zero-order valence-electron chi connectivity index (χ0n) is 17.4. The van der Waals surface area contributed by atoms with Gasteiger partial charge in [0.2, 0.25) is 5.91 Å². The van der Waals surface area contributed by atoms with Crippen molar-refractivity contribution >= 4 is 17.6 Å². The molecule has 0 atom stereocenters. The SMILES string of the molecule is CCc1ccccc1NC(=O)CN1CCN(C(=O)NCCc2cccc(F)c2)CC1. The van der Waals surface area contributed by atoms with Gasteiger partial charge in [0.1, 0.15) is 5.82 Å². The second-order valence-corrected chi connectivity index (χ2v) is 7.43. The highest BCUT2D eigenvalue weighted by atomic mass is 19.1. The van der Waals surface area contributed by atoms with Crippen LogP contribution in [0.25, 0.3) is 0 Å². The first-order chi connectivity index (χ1) is 14.5. The fourth-order valence-electron chi connectivity index (χ4n) is 3.57. The molecule has 1 fully saturated rings. The molecule has 7 heteroatoms. The molecule has 0 saturated carbocycles. The third-order valence-corrected chi connectivity index (χ3v) is 5.28. The van der Waals surface area contributed by atoms with E-state index in [-0.39, 0.29) is 17.8 Å². The first kappa shape index (κ1) is 21.8. The molecular formula is C23H29FN4O2. The van der Waals surface area contributed by atoms with E-state index in [9.17, 15) is 14.0 Å². The van der Waals surface area contributed by atoms with Crippen molar-refractivity contribution in [1.82, 2.24) is 15.1 Å². The van der Waals surface area contributed by atoms with Gasteiger partial charge in [-0.25, -0.2) is 9.18 Å². The standard InChI is InChI=1S/C23H29FN4O2/c1-2-19-7-3-4-9-21(19)26-22(29)17-27-12-14-28(15-13-27)23(30)25-11-10-18-6-5-8-20(24)16-18/h3-9,16H,2,10-15,17H2,1H3,(H,25,30)(H,26,29). The Morgan fingerprint density at radius 3 is 2.53 bits per heavy atom. The lowest BCUT2D eigenvalue weighted by Gasteiger charge is -2.34. The number of carbonyl (C=O) groups excluding carboxylic acids is 2. The summed E-state index contributed by atoms with van der Waals surface area (Å²) in [5.41, 5.74) is 2.84. The molecule has 3 rings (SSSR count). The molecule has 6 nitrogen and oxygen atoms in total. The third-order valence-electron chi connectivity index (χ3n) is 5.28. The van der Waals surface area contributed by atoms with E-state index < -0.39 is 0 Å². The van der Waals surface area contributed by atoms with Crippen LogP contribution in [-0.2, 0) is 17.6 Å². The summed E-state index contributed by atoms with van der Waals surface area (Å²) in [7, 11) is 0. The highest BCUT2D eigenvalue weighted by Gasteiger charge is 2.22. The van der Waals surface area contributed by atoms with Gasteiger partial charge in [0, 0.05) is 38.4 Å². The van der Waals surface area contributed by atoms with Crippen molar-refractivity contribution in [2.45, 2.75) is 19.8 Å². The van der Waals surface area contributed by atoms with E-state index in [0.29, 0.717) is 45.7 Å². The lowest BCUT2D eigenvalue weighted by molar-refractivity contribution is -0.117. The normalized spacial score (nSPS) is 14.4. The summed E-state index contributed by atoms with van der Waals surface area (Å²) in [5.74, 6) is -0.305. The molecule has 0 aliphatic carbocycles. The van der Waals surface area contributed by atoms with Gasteiger partial charge in [-0.15, -0.1) is 0 Å². The number of aryl methyl sites for hydroxylation is 1. The summed E-state index contributed by atoms with van der Waals surface area (Å²) in [4.78, 5) is 28.5. The Morgan fingerprint density at radius 1 is 1.03 bits per heavy atom. The molecule has 1 aliphatic heterocycles. The monoisotopic (exact) mass is 412 g/mol. The molecule has 1 saturated heterocycles. The second kappa shape index (κ2) is 10.7. The van der Waals surface area contributed by atoms with Crippen LogP contribution in [0.3, 0.4) is 0 Å². The van der Waals surface area contributed by atoms with Crippen LogP contribution >= 0.6 is 0 Å². The summed E-state index contributed by atoms with van der Waals surface area (Å²) >= 11 is 0. The Labute approximate surface area is 177 Å². The largest absolute Gasteiger partial charge is 0.338 e. The maximum absolute atomic E-state index is 13.2. The van der Waals surface area contributed by atoms with Gasteiger partial charge in [0.05, 0.1) is 6.54 Å². The summed E-state index contributed by atoms with van der Waals surface area (Å²) < 4.78 is 13.2. The van der Waals surface area contributed by atoms with Crippen LogP contribution in [0.1, 0.15) is 18.1 Å². The molecule has 2 N–H and O–H groups in total. The highest BCUT2D eigenvalue weighted by molar-refractivity contribution is 5.93. The molecule has 1 aliphatic rings. The van der Waals surface area contributed by atoms with E-state index in [1.54, 1.807) is 11.0 Å². The van der Waals surface area contributed by atoms with E-state index >= 15 is 0 Å². The van der Waals surface area contributed by atoms with E-state index in [2.05, 4.69) is 22.5 Å². The molecular weight excluding hydrogens is 383 g/mol. The van der Waals surface area contributed by atoms with Crippen molar-refractivity contribution in [2.24, 2.45) is 0 Å². The molecule has 3 amide bonds. The Bertz CT molecular complexity index is 866. The zero-order valence-corrected chi connectivity index (χ0v) is 17.4. The van der Waals surface area contributed by atoms with E-state index in [0.717, 1.165) is 23.2 Å². The number of hydrogen-bond donors (Lipinski definition) is 2. The van der Waals surface area contributed by atoms with E-state index in [4.69, 9.17) is 0 Å². The molecule has 2 aromatic rings. The van der Waals surface area contributed by atoms with Gasteiger partial charge < -0.3 is 15.5 Å². The molecule has 0 bridgehead atoms. The van der Waals surface area contributed by atoms with Gasteiger partial charge >= 0.3 is 6.03 Å². The van der Waals surface area contributed by atoms with Gasteiger partial charge in [-0.3, -0.25) is 9.69 Å². The van der Waals surface area contributed by atoms with Gasteiger partial charge in [-0.2, -0.15) is 0 Å². The predicted octanol–water partition coefficient (Wildman–Crippen LogP) is 2.90. The number of benzene rings is 2. The Kier molecular flexibility index (Phi) is 7.79. The molecule has 0 unspecified atom stereocenters. The molecule has 160 valence electrons. The molecule has 2 aromatic carbocycles. The first-order valence-corrected chi connectivity index (χ1v) is 10.4. The van der Waals surface area contributed by atoms with Crippen LogP contribution in [0.5, 0.6) is 0 Å². The lowest BCUT2D eigenvalue weighted by Crippen LogP contribution is -2.53. The number of hydrogen-bond acceptors (Lipinski definition) is 3. The molecule has 30 heavy (non-hydrogen) atoms. The quantitative estimate of drug-likeness (QED) is 0.735. The average Bonchev–Trinajstić information content (AvgIpc) is 2.74. The second-order valence-electron chi connectivity index (χ2n) is 7.43. The number of para-hydroxylation sites is 1. The summed E-state index contributed by atoms with van der Waals surface area (Å²) in [5, 5.41) is 5.88. The Morgan fingerprint density at radius 2 is 1.80 bits per heavy atom. The number of nitrogens with one attached hydrogen (secondary N) is 2. The van der Waals surface area contributed by atoms with Crippen LogP contribution in [0.2, 0.25) is 0 Å². The van der Waals surface area contributed by atoms with Crippen molar-refractivity contribution in [3.8, 4) is 0 Å². The number of amides is 3. The number of halogens is 1. The Balaban J connectivity index is 1.37. The minimum absolute atomic E-state index is 0.0381. The fraction of sp³-hybridized carbons (Fsp3) is 0.391. The zero-order chi connectivity index (χ0) is 21.3. The molecule has 0 radical (unpaired) electrons. The van der Waals surface area contributed by atoms with Crippen LogP contribution in [0.15, 0.2) is 48.5 Å². The van der Waals surface area contributed by atoms with Crippen molar-refractivity contribution in [1.29, 1.82) is 0 Å². The molecule has 1 heterocycles. The summed E-state index contributed by atoms with van der Waals surface area (Å²) in [6, 6.07) is 14.1. The average molecular weight is 413 g/mol. The smallest absolute Gasteiger partial charge is 0.317 e. The summed E-state index contributed by atoms with van der Waals surface area (Å²) in [6.45, 7) is 5.29. The number of anilines is 1. The van der Waals surface area contributed by atoms with Crippen molar-refractivity contribution < 1.29 is 14.0 Å². The first-order valence-electron chi connectivity index (χ1n) is 10.4. The van der Waals surface area contributed by atoms with Crippen LogP contribution in [-0.4, -0.2) is 61.0 Å². The van der Waals surface area contributed by atoms with Crippen molar-refractivity contribution in [3.63, 3.8) is 0 Å². The van der Waals surface area contributed by atoms with Gasteiger partial charge in [-0.1, -0.05) is 37.3 Å². The van der Waals surface area contributed by atoms with E-state index in [1.165, 1.54) is 12.1 Å². The van der Waals surface area contributed by atoms with Crippen LogP contribution in [0, 0.1) is 5.82 Å². The van der Waals surface area contributed by atoms with Crippen LogP contribution in [0.4, 0.5) is 14.9 Å². The van der Waals surface area contributed by atoms with Gasteiger partial charge in [0.25, 0.3) is 0 Å². The Hall–Kier alpha value is -2.93. The van der Waals surface area contributed by atoms with E-state index in [1.807, 2.05) is 30.3 Å². The van der Waals surface area contributed by atoms with Gasteiger partial charge in [-0.05, 0) is 42.2 Å². The maximum Gasteiger partial charge on any atom is 0.317 e. The summed E-state index contributed by atoms with van der Waals surface area (Å²) in [6.07, 6.45) is 1.45. The number of piperazine rings is 1. The maximum atomic E-state index is 13.2. The number of rotatable bonds is 7. The fourth-order valence-corrected chi connectivity index (χ4v) is 3.57. The molecule has 0 spiro atoms. The number of nitrogens with zero attached hydrogens (tertiary/aromatic N) is 2. The number of urea groups is 1. The third kappa shape index (κ3) is 6.29. The van der Waals surface area contributed by atoms with Gasteiger partial charge in [0.15, 0.2) is 0 Å². The minimum atomic E-state index is -0.267. The van der Waals surface area contributed by atoms with Crippen molar-refractivity contribution in [2.75, 3.05) is 44.6 Å². The van der Waals surface area contributed by atoms with Crippen LogP contribution < -0.4 is 10.6 Å². The minimum Gasteiger partial charge on any atom is -0.338 e. The number of carbonyl (C=O) groups is 2.